The van der Waals surface area contributed by atoms with Gasteiger partial charge in [0, 0.05) is 0 Å². The molecule has 0 spiro atoms. The predicted molar refractivity (Wildman–Crippen MR) is 75.6 cm³/mol. The third-order valence-electron chi connectivity index (χ3n) is 3.63. The fourth-order valence-corrected chi connectivity index (χ4v) is 2.58. The minimum absolute atomic E-state index is 0. The second-order valence-corrected chi connectivity index (χ2v) is 5.07. The van der Waals surface area contributed by atoms with Gasteiger partial charge in [0.25, 0.3) is 0 Å². The Morgan fingerprint density at radius 1 is 1.32 bits per heavy atom. The van der Waals surface area contributed by atoms with Crippen LogP contribution in [0.3, 0.4) is 0 Å². The van der Waals surface area contributed by atoms with Gasteiger partial charge < -0.3 is 11.1 Å². The Labute approximate surface area is 119 Å². The van der Waals surface area contributed by atoms with Gasteiger partial charge in [-0.3, -0.25) is 4.79 Å². The molecule has 0 bridgehead atoms. The summed E-state index contributed by atoms with van der Waals surface area (Å²) in [6.07, 6.45) is 3.90. The predicted octanol–water partition coefficient (Wildman–Crippen LogP) is 2.48. The van der Waals surface area contributed by atoms with E-state index in [4.69, 9.17) is 5.73 Å². The van der Waals surface area contributed by atoms with Crippen LogP contribution in [0.25, 0.3) is 0 Å². The quantitative estimate of drug-likeness (QED) is 0.897. The molecule has 0 heterocycles. The largest absolute Gasteiger partial charge is 0.345 e. The van der Waals surface area contributed by atoms with Gasteiger partial charge >= 0.3 is 0 Å². The van der Waals surface area contributed by atoms with Gasteiger partial charge in [-0.2, -0.15) is 0 Å². The zero-order chi connectivity index (χ0) is 13.2. The van der Waals surface area contributed by atoms with Crippen LogP contribution in [-0.2, 0) is 10.3 Å². The molecule has 1 atom stereocenters. The molecule has 0 aromatic heterocycles. The van der Waals surface area contributed by atoms with Crippen LogP contribution >= 0.6 is 12.4 Å². The Morgan fingerprint density at radius 2 is 1.84 bits per heavy atom. The van der Waals surface area contributed by atoms with Crippen LogP contribution in [0, 0.1) is 5.82 Å². The number of nitrogens with one attached hydrogen (secondary N) is 1. The standard InChI is InChI=1S/C14H19FN2O.ClH/c1-10(16)13(18)17-14(8-2-3-9-14)11-4-6-12(15)7-5-11;/h4-7,10H,2-3,8-9,16H2,1H3,(H,17,18);1H/t10-;/m0./s1. The Morgan fingerprint density at radius 3 is 2.32 bits per heavy atom. The van der Waals surface area contributed by atoms with Crippen LogP contribution in [0.2, 0.25) is 0 Å². The number of amides is 1. The smallest absolute Gasteiger partial charge is 0.237 e. The molecule has 19 heavy (non-hydrogen) atoms. The number of hydrogen-bond donors (Lipinski definition) is 2. The van der Waals surface area contributed by atoms with Gasteiger partial charge in [-0.15, -0.1) is 12.4 Å². The highest BCUT2D eigenvalue weighted by atomic mass is 35.5. The monoisotopic (exact) mass is 286 g/mol. The van der Waals surface area contributed by atoms with Crippen LogP contribution in [0.1, 0.15) is 38.2 Å². The Balaban J connectivity index is 0.00000180. The van der Waals surface area contributed by atoms with Crippen molar-refractivity contribution in [3.05, 3.63) is 35.6 Å². The summed E-state index contributed by atoms with van der Waals surface area (Å²) in [6, 6.07) is 5.85. The van der Waals surface area contributed by atoms with Gasteiger partial charge in [0.2, 0.25) is 5.91 Å². The lowest BCUT2D eigenvalue weighted by atomic mass is 9.88. The van der Waals surface area contributed by atoms with Gasteiger partial charge in [-0.05, 0) is 37.5 Å². The first-order chi connectivity index (χ1) is 8.53. The molecule has 1 aromatic carbocycles. The highest BCUT2D eigenvalue weighted by Crippen LogP contribution is 2.38. The van der Waals surface area contributed by atoms with E-state index in [2.05, 4.69) is 5.32 Å². The maximum Gasteiger partial charge on any atom is 0.237 e. The molecule has 0 radical (unpaired) electrons. The molecule has 3 N–H and O–H groups in total. The summed E-state index contributed by atoms with van der Waals surface area (Å²) in [4.78, 5) is 11.8. The molecule has 1 aliphatic carbocycles. The zero-order valence-electron chi connectivity index (χ0n) is 11.0. The second kappa shape index (κ2) is 6.35. The fourth-order valence-electron chi connectivity index (χ4n) is 2.58. The molecule has 2 rings (SSSR count). The summed E-state index contributed by atoms with van der Waals surface area (Å²) < 4.78 is 13.0. The molecule has 0 saturated heterocycles. The van der Waals surface area contributed by atoms with Crippen molar-refractivity contribution >= 4 is 18.3 Å². The molecule has 1 saturated carbocycles. The lowest BCUT2D eigenvalue weighted by molar-refractivity contribution is -0.124. The third-order valence-corrected chi connectivity index (χ3v) is 3.63. The van der Waals surface area contributed by atoms with Crippen molar-refractivity contribution in [3.63, 3.8) is 0 Å². The second-order valence-electron chi connectivity index (χ2n) is 5.07. The first kappa shape index (κ1) is 15.9. The molecule has 1 aromatic rings. The molecule has 0 aliphatic heterocycles. The molecule has 0 unspecified atom stereocenters. The molecular weight excluding hydrogens is 267 g/mol. The maximum absolute atomic E-state index is 13.0. The van der Waals surface area contributed by atoms with Crippen LogP contribution in [0.4, 0.5) is 4.39 Å². The van der Waals surface area contributed by atoms with Crippen molar-refractivity contribution in [2.75, 3.05) is 0 Å². The Hall–Kier alpha value is -1.13. The summed E-state index contributed by atoms with van der Waals surface area (Å²) >= 11 is 0. The van der Waals surface area contributed by atoms with Crippen molar-refractivity contribution in [1.29, 1.82) is 0 Å². The molecule has 106 valence electrons. The average molecular weight is 287 g/mol. The van der Waals surface area contributed by atoms with Crippen molar-refractivity contribution in [1.82, 2.24) is 5.32 Å². The number of rotatable bonds is 3. The normalized spacial score (nSPS) is 18.5. The molecule has 3 nitrogen and oxygen atoms in total. The van der Waals surface area contributed by atoms with E-state index in [1.165, 1.54) is 12.1 Å². The highest BCUT2D eigenvalue weighted by Gasteiger charge is 2.37. The molecule has 1 fully saturated rings. The molecule has 5 heteroatoms. The molecule has 1 aliphatic rings. The minimum atomic E-state index is -0.525. The van der Waals surface area contributed by atoms with Crippen LogP contribution in [0.5, 0.6) is 0 Å². The van der Waals surface area contributed by atoms with Crippen LogP contribution < -0.4 is 11.1 Å². The van der Waals surface area contributed by atoms with Gasteiger partial charge in [0.05, 0.1) is 11.6 Å². The van der Waals surface area contributed by atoms with E-state index in [9.17, 15) is 9.18 Å². The van der Waals surface area contributed by atoms with Gasteiger partial charge in [0.15, 0.2) is 0 Å². The van der Waals surface area contributed by atoms with E-state index < -0.39 is 6.04 Å². The van der Waals surface area contributed by atoms with Crippen molar-refractivity contribution < 1.29 is 9.18 Å². The Bertz CT molecular complexity index is 428. The van der Waals surface area contributed by atoms with Crippen molar-refractivity contribution in [3.8, 4) is 0 Å². The number of hydrogen-bond acceptors (Lipinski definition) is 2. The van der Waals surface area contributed by atoms with Crippen molar-refractivity contribution in [2.24, 2.45) is 5.73 Å². The SMILES string of the molecule is C[C@H](N)C(=O)NC1(c2ccc(F)cc2)CCCC1.Cl. The van der Waals surface area contributed by atoms with E-state index in [1.54, 1.807) is 19.1 Å². The summed E-state index contributed by atoms with van der Waals surface area (Å²) in [5, 5.41) is 3.04. The van der Waals surface area contributed by atoms with Crippen LogP contribution in [0.15, 0.2) is 24.3 Å². The highest BCUT2D eigenvalue weighted by molar-refractivity contribution is 5.85. The zero-order valence-corrected chi connectivity index (χ0v) is 11.8. The van der Waals surface area contributed by atoms with Gasteiger partial charge in [0.1, 0.15) is 5.82 Å². The molecule has 1 amide bonds. The average Bonchev–Trinajstić information content (AvgIpc) is 2.79. The van der Waals surface area contributed by atoms with Crippen molar-refractivity contribution in [2.45, 2.75) is 44.2 Å². The maximum atomic E-state index is 13.0. The number of carbonyl (C=O) groups is 1. The molecular formula is C14H20ClFN2O. The third kappa shape index (κ3) is 3.45. The van der Waals surface area contributed by atoms with Crippen LogP contribution in [-0.4, -0.2) is 11.9 Å². The van der Waals surface area contributed by atoms with E-state index >= 15 is 0 Å². The fraction of sp³-hybridized carbons (Fsp3) is 0.500. The van der Waals surface area contributed by atoms with E-state index in [1.807, 2.05) is 0 Å². The first-order valence-electron chi connectivity index (χ1n) is 6.37. The minimum Gasteiger partial charge on any atom is -0.345 e. The summed E-state index contributed by atoms with van der Waals surface area (Å²) in [6.45, 7) is 1.67. The lowest BCUT2D eigenvalue weighted by Crippen LogP contribution is -2.49. The number of carbonyl (C=O) groups excluding carboxylic acids is 1. The number of halogens is 2. The summed E-state index contributed by atoms with van der Waals surface area (Å²) in [5.41, 5.74) is 6.21. The Kier molecular flexibility index (Phi) is 5.32. The van der Waals surface area contributed by atoms with E-state index in [0.29, 0.717) is 0 Å². The first-order valence-corrected chi connectivity index (χ1v) is 6.37. The summed E-state index contributed by atoms with van der Waals surface area (Å²) in [5.74, 6) is -0.411. The lowest BCUT2D eigenvalue weighted by Gasteiger charge is -2.32. The number of benzene rings is 1. The van der Waals surface area contributed by atoms with Gasteiger partial charge in [-0.1, -0.05) is 25.0 Å². The summed E-state index contributed by atoms with van der Waals surface area (Å²) in [7, 11) is 0. The van der Waals surface area contributed by atoms with Gasteiger partial charge in [-0.25, -0.2) is 4.39 Å². The van der Waals surface area contributed by atoms with E-state index in [0.717, 1.165) is 31.2 Å². The topological polar surface area (TPSA) is 55.1 Å². The van der Waals surface area contributed by atoms with E-state index in [-0.39, 0.29) is 29.7 Å². The number of nitrogens with two attached hydrogens (primary N) is 1.